The number of aliphatic hydroxyl groups is 2. The zero-order valence-corrected chi connectivity index (χ0v) is 32.4. The molecule has 2 saturated carbocycles. The summed E-state index contributed by atoms with van der Waals surface area (Å²) in [7, 11) is 0. The third-order valence-electron chi connectivity index (χ3n) is 12.1. The molecule has 1 amide bonds. The minimum atomic E-state index is -1.92. The van der Waals surface area contributed by atoms with Gasteiger partial charge in [-0.2, -0.15) is 0 Å². The Morgan fingerprint density at radius 2 is 1.43 bits per heavy atom. The summed E-state index contributed by atoms with van der Waals surface area (Å²) in [4.78, 5) is 81.9. The third kappa shape index (κ3) is 7.09. The Hall–Kier alpha value is -5.70. The number of aliphatic hydroxyl groups excluding tert-OH is 2. The number of esters is 4. The van der Waals surface area contributed by atoms with Crippen LogP contribution in [0.25, 0.3) is 0 Å². The van der Waals surface area contributed by atoms with Crippen LogP contribution in [0.5, 0.6) is 0 Å². The van der Waals surface area contributed by atoms with Gasteiger partial charge in [-0.05, 0) is 61.2 Å². The quantitative estimate of drug-likeness (QED) is 0.153. The summed E-state index contributed by atoms with van der Waals surface area (Å²) in [6, 6.07) is 23.5. The fourth-order valence-corrected chi connectivity index (χ4v) is 9.33. The summed E-state index contributed by atoms with van der Waals surface area (Å²) in [6.07, 6.45) is -8.59. The van der Waals surface area contributed by atoms with Crippen LogP contribution in [0.15, 0.2) is 102 Å². The molecule has 7 rings (SSSR count). The van der Waals surface area contributed by atoms with Crippen LogP contribution < -0.4 is 5.32 Å². The van der Waals surface area contributed by atoms with E-state index in [0.717, 1.165) is 6.92 Å². The Morgan fingerprint density at radius 3 is 2.00 bits per heavy atom. The van der Waals surface area contributed by atoms with Crippen molar-refractivity contribution in [1.29, 1.82) is 0 Å². The van der Waals surface area contributed by atoms with Crippen LogP contribution in [0.1, 0.15) is 72.9 Å². The van der Waals surface area contributed by atoms with Crippen molar-refractivity contribution in [2.24, 2.45) is 17.3 Å². The van der Waals surface area contributed by atoms with Gasteiger partial charge in [0.25, 0.3) is 5.91 Å². The molecule has 3 aliphatic carbocycles. The number of ether oxygens (including phenoxy) is 5. The Bertz CT molecular complexity index is 2120. The van der Waals surface area contributed by atoms with Gasteiger partial charge in [-0.1, -0.05) is 66.7 Å². The fourth-order valence-electron chi connectivity index (χ4n) is 9.33. The van der Waals surface area contributed by atoms with Crippen molar-refractivity contribution in [3.8, 4) is 0 Å². The highest BCUT2D eigenvalue weighted by molar-refractivity contribution is 5.96. The van der Waals surface area contributed by atoms with E-state index >= 15 is 4.79 Å². The fraction of sp³-hybridized carbons (Fsp3) is 0.409. The highest BCUT2D eigenvalue weighted by Crippen LogP contribution is 2.61. The summed E-state index contributed by atoms with van der Waals surface area (Å²) < 4.78 is 30.1. The number of fused-ring (bicyclic) bond motifs is 4. The summed E-state index contributed by atoms with van der Waals surface area (Å²) in [6.45, 7) is 5.22. The molecule has 1 aliphatic heterocycles. The molecule has 1 saturated heterocycles. The average molecular weight is 796 g/mol. The molecular formula is C44H45NO13. The lowest BCUT2D eigenvalue weighted by atomic mass is 9.52. The molecule has 58 heavy (non-hydrogen) atoms. The van der Waals surface area contributed by atoms with Gasteiger partial charge in [-0.15, -0.1) is 0 Å². The van der Waals surface area contributed by atoms with Crippen LogP contribution >= 0.6 is 0 Å². The lowest BCUT2D eigenvalue weighted by Gasteiger charge is -2.62. The molecule has 14 nitrogen and oxygen atoms in total. The first-order chi connectivity index (χ1) is 27.7. The molecule has 2 unspecified atom stereocenters. The number of amides is 1. The van der Waals surface area contributed by atoms with Crippen molar-refractivity contribution in [2.45, 2.75) is 88.8 Å². The number of carbonyl (C=O) groups excluding carboxylic acids is 6. The maximum absolute atomic E-state index is 15.1. The third-order valence-corrected chi connectivity index (χ3v) is 12.1. The SMILES string of the molecule is CC(=O)O[C@H]1C(=O)[C@@]2(C)C(C(OC(=O)c3ccccc3)[C@@H]3C[C@H](OC(=O)[C@H](O)[C@@H](NC(=O)c4ccccc4)c4ccccc4)C(C)=C13)[C@]1(OC(C)=O)CO[C@@H]1C[C@@H]2O. The van der Waals surface area contributed by atoms with E-state index in [2.05, 4.69) is 5.32 Å². The molecule has 0 aromatic heterocycles. The standard InChI is InChI=1S/C44H45NO13/c1-23-30(56-42(53)35(49)34(26-14-8-5-9-15-26)45-40(51)27-16-10-6-11-17-27)20-29-33(23)37(55-24(2)46)39(50)43(4)31(48)21-32-44(22-54-32,58-25(3)47)38(43)36(29)57-41(52)28-18-12-7-13-19-28/h5-19,29-32,34-38,48-49H,20-22H2,1-4H3,(H,45,51)/t29-,30+,31+,32-,34+,35-,36?,37-,38?,43-,44+/m1/s1. The normalized spacial score (nSPS) is 30.8. The Labute approximate surface area is 334 Å². The molecule has 304 valence electrons. The van der Waals surface area contributed by atoms with E-state index in [-0.39, 0.29) is 36.2 Å². The van der Waals surface area contributed by atoms with Gasteiger partial charge in [-0.25, -0.2) is 9.59 Å². The van der Waals surface area contributed by atoms with E-state index < -0.39 is 101 Å². The van der Waals surface area contributed by atoms with E-state index in [9.17, 15) is 34.2 Å². The predicted molar refractivity (Wildman–Crippen MR) is 202 cm³/mol. The Kier molecular flexibility index (Phi) is 11.1. The molecule has 3 aromatic rings. The van der Waals surface area contributed by atoms with Crippen LogP contribution in [0.2, 0.25) is 0 Å². The number of benzene rings is 3. The highest BCUT2D eigenvalue weighted by Gasteiger charge is 2.75. The number of Topliss-reactive ketones (excluding diaryl/α,β-unsaturated/α-hetero) is 1. The lowest BCUT2D eigenvalue weighted by Crippen LogP contribution is -2.77. The summed E-state index contributed by atoms with van der Waals surface area (Å²) in [5, 5.41) is 26.2. The van der Waals surface area contributed by atoms with Crippen LogP contribution in [0.3, 0.4) is 0 Å². The zero-order valence-electron chi connectivity index (χ0n) is 32.4. The van der Waals surface area contributed by atoms with Gasteiger partial charge in [-0.3, -0.25) is 19.2 Å². The number of hydrogen-bond acceptors (Lipinski definition) is 13. The number of hydrogen-bond donors (Lipinski definition) is 3. The molecule has 0 bridgehead atoms. The first-order valence-electron chi connectivity index (χ1n) is 19.1. The van der Waals surface area contributed by atoms with Gasteiger partial charge in [0.05, 0.1) is 35.6 Å². The smallest absolute Gasteiger partial charge is 0.338 e. The van der Waals surface area contributed by atoms with Gasteiger partial charge in [0.15, 0.2) is 23.6 Å². The van der Waals surface area contributed by atoms with Crippen molar-refractivity contribution in [2.75, 3.05) is 6.61 Å². The van der Waals surface area contributed by atoms with Gasteiger partial charge in [0.1, 0.15) is 18.3 Å². The number of nitrogens with one attached hydrogen (secondary N) is 1. The number of rotatable bonds is 10. The summed E-state index contributed by atoms with van der Waals surface area (Å²) in [5.74, 6) is -6.94. The van der Waals surface area contributed by atoms with E-state index in [0.29, 0.717) is 11.1 Å². The van der Waals surface area contributed by atoms with Crippen molar-refractivity contribution >= 4 is 35.6 Å². The summed E-state index contributed by atoms with van der Waals surface area (Å²) >= 11 is 0. The van der Waals surface area contributed by atoms with Gasteiger partial charge in [0.2, 0.25) is 0 Å². The predicted octanol–water partition coefficient (Wildman–Crippen LogP) is 3.59. The Morgan fingerprint density at radius 1 is 0.828 bits per heavy atom. The number of carbonyl (C=O) groups is 6. The van der Waals surface area contributed by atoms with Crippen molar-refractivity contribution in [3.63, 3.8) is 0 Å². The Balaban J connectivity index is 1.30. The molecule has 3 aromatic carbocycles. The van der Waals surface area contributed by atoms with Gasteiger partial charge >= 0.3 is 23.9 Å². The van der Waals surface area contributed by atoms with E-state index in [1.165, 1.54) is 13.8 Å². The number of ketones is 1. The average Bonchev–Trinajstić information content (AvgIpc) is 3.50. The van der Waals surface area contributed by atoms with Crippen LogP contribution in [0, 0.1) is 17.3 Å². The maximum atomic E-state index is 15.1. The first kappa shape index (κ1) is 40.5. The van der Waals surface area contributed by atoms with Gasteiger partial charge < -0.3 is 39.2 Å². The van der Waals surface area contributed by atoms with E-state index in [1.54, 1.807) is 97.9 Å². The van der Waals surface area contributed by atoms with Crippen LogP contribution in [-0.2, 0) is 42.9 Å². The minimum absolute atomic E-state index is 0.109. The van der Waals surface area contributed by atoms with Crippen LogP contribution in [0.4, 0.5) is 0 Å². The molecule has 11 atom stereocenters. The monoisotopic (exact) mass is 795 g/mol. The van der Waals surface area contributed by atoms with Crippen molar-refractivity contribution in [3.05, 3.63) is 119 Å². The molecule has 14 heteroatoms. The lowest BCUT2D eigenvalue weighted by molar-refractivity contribution is -0.330. The zero-order chi connectivity index (χ0) is 41.5. The van der Waals surface area contributed by atoms with Crippen LogP contribution in [-0.4, -0.2) is 94.6 Å². The second-order valence-electron chi connectivity index (χ2n) is 15.5. The van der Waals surface area contributed by atoms with E-state index in [1.807, 2.05) is 0 Å². The molecule has 0 spiro atoms. The molecule has 1 heterocycles. The molecule has 3 fully saturated rings. The second kappa shape index (κ2) is 15.9. The van der Waals surface area contributed by atoms with Crippen molar-refractivity contribution in [1.82, 2.24) is 5.32 Å². The van der Waals surface area contributed by atoms with Crippen molar-refractivity contribution < 1.29 is 62.7 Å². The van der Waals surface area contributed by atoms with E-state index in [4.69, 9.17) is 23.7 Å². The molecular weight excluding hydrogens is 750 g/mol. The van der Waals surface area contributed by atoms with Gasteiger partial charge in [0, 0.05) is 31.7 Å². The topological polar surface area (TPSA) is 201 Å². The first-order valence-corrected chi connectivity index (χ1v) is 19.1. The highest BCUT2D eigenvalue weighted by atomic mass is 16.6. The minimum Gasteiger partial charge on any atom is -0.458 e. The molecule has 0 radical (unpaired) electrons. The summed E-state index contributed by atoms with van der Waals surface area (Å²) in [5.41, 5.74) is -2.01. The molecule has 4 aliphatic rings. The molecule has 3 N–H and O–H groups in total. The largest absolute Gasteiger partial charge is 0.458 e. The maximum Gasteiger partial charge on any atom is 0.338 e. The second-order valence-corrected chi connectivity index (χ2v) is 15.5.